The lowest BCUT2D eigenvalue weighted by Gasteiger charge is -2.06. The third-order valence-corrected chi connectivity index (χ3v) is 3.64. The molecule has 0 heterocycles. The quantitative estimate of drug-likeness (QED) is 0.477. The van der Waals surface area contributed by atoms with Crippen LogP contribution < -0.4 is 10.6 Å². The summed E-state index contributed by atoms with van der Waals surface area (Å²) < 4.78 is 0. The molecule has 0 saturated heterocycles. The fourth-order valence-corrected chi connectivity index (χ4v) is 2.15. The zero-order valence-corrected chi connectivity index (χ0v) is 14.1. The minimum absolute atomic E-state index is 0.0340. The van der Waals surface area contributed by atoms with Crippen LogP contribution in [-0.4, -0.2) is 12.5 Å². The predicted octanol–water partition coefficient (Wildman–Crippen LogP) is 3.83. The Labute approximate surface area is 146 Å². The summed E-state index contributed by atoms with van der Waals surface area (Å²) in [5.74, 6) is -0.430. The van der Waals surface area contributed by atoms with Gasteiger partial charge in [-0.05, 0) is 43.2 Å². The molecule has 0 radical (unpaired) electrons. The van der Waals surface area contributed by atoms with Gasteiger partial charge >= 0.3 is 0 Å². The van der Waals surface area contributed by atoms with Gasteiger partial charge in [0.1, 0.15) is 11.6 Å². The standard InChI is InChI=1S/C19H18ClN3O/c1-14-2-8-18(9-3-14)23-19(24)16(12-21)13-22-11-10-15-4-6-17(20)7-5-15/h2-9,13,22H,10-11H2,1H3,(H,23,24)/b16-13-. The molecule has 0 aliphatic carbocycles. The monoisotopic (exact) mass is 339 g/mol. The van der Waals surface area contributed by atoms with E-state index in [1.807, 2.05) is 49.4 Å². The van der Waals surface area contributed by atoms with E-state index in [0.717, 1.165) is 17.5 Å². The number of carbonyl (C=O) groups is 1. The first-order chi connectivity index (χ1) is 11.6. The maximum absolute atomic E-state index is 12.1. The van der Waals surface area contributed by atoms with Crippen molar-refractivity contribution in [1.82, 2.24) is 5.32 Å². The lowest BCUT2D eigenvalue weighted by molar-refractivity contribution is -0.112. The van der Waals surface area contributed by atoms with Gasteiger partial charge in [0.05, 0.1) is 0 Å². The van der Waals surface area contributed by atoms with Crippen molar-refractivity contribution in [3.05, 3.63) is 76.5 Å². The molecule has 0 unspecified atom stereocenters. The van der Waals surface area contributed by atoms with Gasteiger partial charge in [0.25, 0.3) is 5.91 Å². The average Bonchev–Trinajstić information content (AvgIpc) is 2.58. The molecule has 0 atom stereocenters. The van der Waals surface area contributed by atoms with Gasteiger partial charge in [-0.15, -0.1) is 0 Å². The fraction of sp³-hybridized carbons (Fsp3) is 0.158. The molecule has 0 spiro atoms. The molecule has 0 aliphatic heterocycles. The molecule has 0 aromatic heterocycles. The molecule has 0 bridgehead atoms. The molecule has 0 saturated carbocycles. The Hall–Kier alpha value is -2.77. The number of halogens is 1. The van der Waals surface area contributed by atoms with E-state index in [1.54, 1.807) is 12.1 Å². The molecule has 2 rings (SSSR count). The predicted molar refractivity (Wildman–Crippen MR) is 96.7 cm³/mol. The molecule has 4 nitrogen and oxygen atoms in total. The van der Waals surface area contributed by atoms with Gasteiger partial charge in [-0.25, -0.2) is 0 Å². The van der Waals surface area contributed by atoms with Crippen LogP contribution in [0.2, 0.25) is 5.02 Å². The second kappa shape index (κ2) is 8.76. The first-order valence-electron chi connectivity index (χ1n) is 7.54. The average molecular weight is 340 g/mol. The minimum Gasteiger partial charge on any atom is -0.389 e. The number of nitrogens with zero attached hydrogens (tertiary/aromatic N) is 1. The molecule has 2 aromatic rings. The molecule has 2 aromatic carbocycles. The largest absolute Gasteiger partial charge is 0.389 e. The minimum atomic E-state index is -0.430. The smallest absolute Gasteiger partial charge is 0.267 e. The SMILES string of the molecule is Cc1ccc(NC(=O)/C(C#N)=C\NCCc2ccc(Cl)cc2)cc1. The Bertz CT molecular complexity index is 759. The number of anilines is 1. The third-order valence-electron chi connectivity index (χ3n) is 3.39. The van der Waals surface area contributed by atoms with Crippen molar-refractivity contribution in [2.45, 2.75) is 13.3 Å². The van der Waals surface area contributed by atoms with Crippen molar-refractivity contribution < 1.29 is 4.79 Å². The van der Waals surface area contributed by atoms with E-state index in [9.17, 15) is 4.79 Å². The summed E-state index contributed by atoms with van der Waals surface area (Å²) in [5.41, 5.74) is 2.93. The second-order valence-corrected chi connectivity index (χ2v) is 5.76. The molecule has 5 heteroatoms. The van der Waals surface area contributed by atoms with Crippen LogP contribution in [0, 0.1) is 18.3 Å². The van der Waals surface area contributed by atoms with Crippen LogP contribution in [0.15, 0.2) is 60.3 Å². The van der Waals surface area contributed by atoms with Crippen LogP contribution in [0.3, 0.4) is 0 Å². The second-order valence-electron chi connectivity index (χ2n) is 5.32. The number of benzene rings is 2. The van der Waals surface area contributed by atoms with Crippen molar-refractivity contribution >= 4 is 23.2 Å². The van der Waals surface area contributed by atoms with E-state index in [4.69, 9.17) is 16.9 Å². The molecule has 2 N–H and O–H groups in total. The number of nitriles is 1. The van der Waals surface area contributed by atoms with Crippen LogP contribution in [-0.2, 0) is 11.2 Å². The van der Waals surface area contributed by atoms with Gasteiger partial charge in [0.15, 0.2) is 0 Å². The highest BCUT2D eigenvalue weighted by atomic mass is 35.5. The zero-order valence-electron chi connectivity index (χ0n) is 13.3. The van der Waals surface area contributed by atoms with Crippen molar-refractivity contribution in [1.29, 1.82) is 5.26 Å². The molecular weight excluding hydrogens is 322 g/mol. The van der Waals surface area contributed by atoms with E-state index in [2.05, 4.69) is 10.6 Å². The molecule has 0 aliphatic rings. The van der Waals surface area contributed by atoms with Gasteiger partial charge in [0.2, 0.25) is 0 Å². The third kappa shape index (κ3) is 5.45. The Morgan fingerprint density at radius 3 is 2.46 bits per heavy atom. The molecule has 24 heavy (non-hydrogen) atoms. The van der Waals surface area contributed by atoms with Crippen LogP contribution in [0.25, 0.3) is 0 Å². The van der Waals surface area contributed by atoms with Crippen LogP contribution in [0.5, 0.6) is 0 Å². The number of amides is 1. The van der Waals surface area contributed by atoms with Crippen molar-refractivity contribution in [2.75, 3.05) is 11.9 Å². The molecular formula is C19H18ClN3O. The summed E-state index contributed by atoms with van der Waals surface area (Å²) in [4.78, 5) is 12.1. The van der Waals surface area contributed by atoms with Gasteiger partial charge in [-0.3, -0.25) is 4.79 Å². The summed E-state index contributed by atoms with van der Waals surface area (Å²) in [6.45, 7) is 2.58. The number of aryl methyl sites for hydroxylation is 1. The summed E-state index contributed by atoms with van der Waals surface area (Å²) in [7, 11) is 0. The molecule has 0 fully saturated rings. The van der Waals surface area contributed by atoms with E-state index < -0.39 is 5.91 Å². The maximum Gasteiger partial charge on any atom is 0.267 e. The van der Waals surface area contributed by atoms with Gasteiger partial charge < -0.3 is 10.6 Å². The van der Waals surface area contributed by atoms with Gasteiger partial charge in [0, 0.05) is 23.5 Å². The Morgan fingerprint density at radius 1 is 1.17 bits per heavy atom. The Morgan fingerprint density at radius 2 is 1.83 bits per heavy atom. The summed E-state index contributed by atoms with van der Waals surface area (Å²) in [6.07, 6.45) is 2.21. The fourth-order valence-electron chi connectivity index (χ4n) is 2.03. The van der Waals surface area contributed by atoms with Gasteiger partial charge in [-0.2, -0.15) is 5.26 Å². The number of carbonyl (C=O) groups excluding carboxylic acids is 1. The number of hydrogen-bond donors (Lipinski definition) is 2. The Balaban J connectivity index is 1.86. The zero-order chi connectivity index (χ0) is 17.4. The summed E-state index contributed by atoms with van der Waals surface area (Å²) in [6, 6.07) is 16.9. The normalized spacial score (nSPS) is 10.8. The van der Waals surface area contributed by atoms with E-state index in [-0.39, 0.29) is 5.57 Å². The Kier molecular flexibility index (Phi) is 6.41. The maximum atomic E-state index is 12.1. The van der Waals surface area contributed by atoms with Crippen LogP contribution in [0.4, 0.5) is 5.69 Å². The lowest BCUT2D eigenvalue weighted by Crippen LogP contribution is -2.18. The topological polar surface area (TPSA) is 64.9 Å². The molecule has 1 amide bonds. The first-order valence-corrected chi connectivity index (χ1v) is 7.92. The van der Waals surface area contributed by atoms with Crippen molar-refractivity contribution in [3.8, 4) is 6.07 Å². The highest BCUT2D eigenvalue weighted by Gasteiger charge is 2.08. The number of rotatable bonds is 6. The van der Waals surface area contributed by atoms with Crippen LogP contribution in [0.1, 0.15) is 11.1 Å². The van der Waals surface area contributed by atoms with E-state index >= 15 is 0 Å². The summed E-state index contributed by atoms with van der Waals surface area (Å²) >= 11 is 5.84. The van der Waals surface area contributed by atoms with Crippen molar-refractivity contribution in [3.63, 3.8) is 0 Å². The van der Waals surface area contributed by atoms with E-state index in [1.165, 1.54) is 6.20 Å². The van der Waals surface area contributed by atoms with Gasteiger partial charge in [-0.1, -0.05) is 41.4 Å². The first kappa shape index (κ1) is 17.6. The number of nitrogens with one attached hydrogen (secondary N) is 2. The van der Waals surface area contributed by atoms with E-state index in [0.29, 0.717) is 17.3 Å². The number of hydrogen-bond acceptors (Lipinski definition) is 3. The highest BCUT2D eigenvalue weighted by molar-refractivity contribution is 6.30. The molecule has 122 valence electrons. The highest BCUT2D eigenvalue weighted by Crippen LogP contribution is 2.10. The lowest BCUT2D eigenvalue weighted by atomic mass is 10.1. The van der Waals surface area contributed by atoms with Crippen molar-refractivity contribution in [2.24, 2.45) is 0 Å². The van der Waals surface area contributed by atoms with Crippen LogP contribution >= 0.6 is 11.6 Å². The summed E-state index contributed by atoms with van der Waals surface area (Å²) in [5, 5.41) is 15.5.